The number of oxazole rings is 1. The lowest BCUT2D eigenvalue weighted by atomic mass is 10.1. The first-order chi connectivity index (χ1) is 12.2. The van der Waals surface area contributed by atoms with Crippen molar-refractivity contribution in [3.05, 3.63) is 54.1 Å². The van der Waals surface area contributed by atoms with Crippen molar-refractivity contribution in [3.63, 3.8) is 0 Å². The molecular weight excluding hydrogens is 314 g/mol. The van der Waals surface area contributed by atoms with Crippen LogP contribution in [-0.4, -0.2) is 25.8 Å². The third-order valence-corrected chi connectivity index (χ3v) is 4.54. The fourth-order valence-corrected chi connectivity index (χ4v) is 3.10. The zero-order chi connectivity index (χ0) is 17.2. The Hall–Kier alpha value is -2.47. The van der Waals surface area contributed by atoms with Gasteiger partial charge in [0.1, 0.15) is 5.82 Å². The molecule has 0 bridgehead atoms. The molecule has 1 atom stereocenters. The Kier molecular flexibility index (Phi) is 4.36. The molecule has 3 heterocycles. The lowest BCUT2D eigenvalue weighted by Gasteiger charge is -2.22. The molecule has 0 unspecified atom stereocenters. The number of nitrogens with one attached hydrogen (secondary N) is 1. The van der Waals surface area contributed by atoms with E-state index in [4.69, 9.17) is 4.42 Å². The molecule has 1 aliphatic rings. The molecule has 0 aliphatic carbocycles. The molecule has 4 rings (SSSR count). The van der Waals surface area contributed by atoms with Gasteiger partial charge in [0.2, 0.25) is 5.89 Å². The first-order valence-electron chi connectivity index (χ1n) is 8.86. The molecule has 6 heteroatoms. The highest BCUT2D eigenvalue weighted by Crippen LogP contribution is 2.20. The van der Waals surface area contributed by atoms with Gasteiger partial charge < -0.3 is 9.73 Å². The van der Waals surface area contributed by atoms with Crippen LogP contribution < -0.4 is 5.32 Å². The third kappa shape index (κ3) is 3.49. The maximum Gasteiger partial charge on any atom is 0.208 e. The second-order valence-electron chi connectivity index (χ2n) is 6.82. The molecule has 0 fully saturated rings. The van der Waals surface area contributed by atoms with E-state index in [2.05, 4.69) is 34.2 Å². The van der Waals surface area contributed by atoms with E-state index in [1.807, 2.05) is 35.0 Å². The fourth-order valence-electron chi connectivity index (χ4n) is 3.10. The summed E-state index contributed by atoms with van der Waals surface area (Å²) in [6.45, 7) is 5.73. The molecular formula is C19H23N5O. The number of aromatic nitrogens is 4. The summed E-state index contributed by atoms with van der Waals surface area (Å²) in [5.41, 5.74) is 1.05. The number of nitrogens with zero attached hydrogens (tertiary/aromatic N) is 4. The summed E-state index contributed by atoms with van der Waals surface area (Å²) in [6, 6.07) is 10.4. The van der Waals surface area contributed by atoms with Gasteiger partial charge in [-0.05, 0) is 6.42 Å². The standard InChI is InChI=1S/C19H23N5O/c1-13(2)19-22-17-9-8-15(12-24(17)23-19)20-11-18-21-10-16(25-18)14-6-4-3-5-7-14/h3-7,10,13,15,20H,8-9,11-12H2,1-2H3/t15-/m1/s1. The van der Waals surface area contributed by atoms with E-state index in [0.29, 0.717) is 24.4 Å². The second-order valence-corrected chi connectivity index (χ2v) is 6.82. The van der Waals surface area contributed by atoms with Gasteiger partial charge in [0.25, 0.3) is 0 Å². The number of hydrogen-bond donors (Lipinski definition) is 1. The molecule has 0 saturated heterocycles. The normalized spacial score (nSPS) is 17.0. The SMILES string of the molecule is CC(C)c1nc2n(n1)C[C@H](NCc1ncc(-c3ccccc3)o1)CC2. The van der Waals surface area contributed by atoms with Crippen molar-refractivity contribution in [3.8, 4) is 11.3 Å². The first-order valence-corrected chi connectivity index (χ1v) is 8.86. The van der Waals surface area contributed by atoms with Gasteiger partial charge in [-0.15, -0.1) is 0 Å². The quantitative estimate of drug-likeness (QED) is 0.774. The highest BCUT2D eigenvalue weighted by Gasteiger charge is 2.22. The van der Waals surface area contributed by atoms with E-state index in [9.17, 15) is 0 Å². The van der Waals surface area contributed by atoms with Crippen molar-refractivity contribution < 1.29 is 4.42 Å². The van der Waals surface area contributed by atoms with Crippen LogP contribution in [0.4, 0.5) is 0 Å². The summed E-state index contributed by atoms with van der Waals surface area (Å²) in [5.74, 6) is 3.93. The monoisotopic (exact) mass is 337 g/mol. The van der Waals surface area contributed by atoms with Crippen molar-refractivity contribution in [1.29, 1.82) is 0 Å². The van der Waals surface area contributed by atoms with Gasteiger partial charge >= 0.3 is 0 Å². The molecule has 6 nitrogen and oxygen atoms in total. The maximum absolute atomic E-state index is 5.86. The molecule has 1 aliphatic heterocycles. The largest absolute Gasteiger partial charge is 0.439 e. The fraction of sp³-hybridized carbons (Fsp3) is 0.421. The average molecular weight is 337 g/mol. The summed E-state index contributed by atoms with van der Waals surface area (Å²) in [4.78, 5) is 9.02. The number of hydrogen-bond acceptors (Lipinski definition) is 5. The minimum atomic E-state index is 0.362. The Morgan fingerprint density at radius 2 is 2.12 bits per heavy atom. The van der Waals surface area contributed by atoms with Gasteiger partial charge in [0, 0.05) is 23.9 Å². The van der Waals surface area contributed by atoms with Crippen LogP contribution in [0.3, 0.4) is 0 Å². The first kappa shape index (κ1) is 16.0. The van der Waals surface area contributed by atoms with Gasteiger partial charge in [-0.3, -0.25) is 0 Å². The summed E-state index contributed by atoms with van der Waals surface area (Å²) in [6.07, 6.45) is 3.80. The number of aryl methyl sites for hydroxylation is 1. The minimum absolute atomic E-state index is 0.362. The van der Waals surface area contributed by atoms with Gasteiger partial charge in [0.05, 0.1) is 19.3 Å². The Labute approximate surface area is 147 Å². The van der Waals surface area contributed by atoms with E-state index in [0.717, 1.165) is 42.4 Å². The summed E-state index contributed by atoms with van der Waals surface area (Å²) in [5, 5.41) is 8.16. The topological polar surface area (TPSA) is 68.8 Å². The van der Waals surface area contributed by atoms with Gasteiger partial charge in [0.15, 0.2) is 11.6 Å². The van der Waals surface area contributed by atoms with Gasteiger partial charge in [-0.1, -0.05) is 44.2 Å². The third-order valence-electron chi connectivity index (χ3n) is 4.54. The van der Waals surface area contributed by atoms with Gasteiger partial charge in [-0.2, -0.15) is 5.10 Å². The summed E-state index contributed by atoms with van der Waals surface area (Å²) >= 11 is 0. The Bertz CT molecular complexity index is 837. The summed E-state index contributed by atoms with van der Waals surface area (Å²) in [7, 11) is 0. The van der Waals surface area contributed by atoms with Crippen molar-refractivity contribution in [2.45, 2.75) is 51.7 Å². The molecule has 3 aromatic rings. The molecule has 0 radical (unpaired) electrons. The number of fused-ring (bicyclic) bond motifs is 1. The van der Waals surface area contributed by atoms with E-state index < -0.39 is 0 Å². The van der Waals surface area contributed by atoms with E-state index in [1.54, 1.807) is 6.20 Å². The lowest BCUT2D eigenvalue weighted by molar-refractivity contribution is 0.342. The zero-order valence-electron chi connectivity index (χ0n) is 14.6. The minimum Gasteiger partial charge on any atom is -0.439 e. The Balaban J connectivity index is 1.37. The smallest absolute Gasteiger partial charge is 0.208 e. The lowest BCUT2D eigenvalue weighted by Crippen LogP contribution is -2.37. The molecule has 0 saturated carbocycles. The van der Waals surface area contributed by atoms with Crippen LogP contribution in [0, 0.1) is 0 Å². The van der Waals surface area contributed by atoms with Crippen LogP contribution >= 0.6 is 0 Å². The molecule has 0 spiro atoms. The van der Waals surface area contributed by atoms with Crippen LogP contribution in [-0.2, 0) is 19.5 Å². The molecule has 130 valence electrons. The molecule has 0 amide bonds. The highest BCUT2D eigenvalue weighted by molar-refractivity contribution is 5.55. The van der Waals surface area contributed by atoms with Crippen LogP contribution in [0.5, 0.6) is 0 Å². The van der Waals surface area contributed by atoms with E-state index in [1.165, 1.54) is 0 Å². The van der Waals surface area contributed by atoms with Gasteiger partial charge in [-0.25, -0.2) is 14.6 Å². The van der Waals surface area contributed by atoms with Crippen molar-refractivity contribution in [2.24, 2.45) is 0 Å². The van der Waals surface area contributed by atoms with Crippen molar-refractivity contribution in [2.75, 3.05) is 0 Å². The Morgan fingerprint density at radius 3 is 2.92 bits per heavy atom. The predicted molar refractivity (Wildman–Crippen MR) is 95.0 cm³/mol. The second kappa shape index (κ2) is 6.80. The highest BCUT2D eigenvalue weighted by atomic mass is 16.4. The average Bonchev–Trinajstić information content (AvgIpc) is 3.27. The van der Waals surface area contributed by atoms with E-state index >= 15 is 0 Å². The van der Waals surface area contributed by atoms with Crippen LogP contribution in [0.2, 0.25) is 0 Å². The number of rotatable bonds is 5. The molecule has 1 aromatic carbocycles. The van der Waals surface area contributed by atoms with Crippen molar-refractivity contribution >= 4 is 0 Å². The molecule has 25 heavy (non-hydrogen) atoms. The van der Waals surface area contributed by atoms with Crippen LogP contribution in [0.15, 0.2) is 40.9 Å². The molecule has 2 aromatic heterocycles. The summed E-state index contributed by atoms with van der Waals surface area (Å²) < 4.78 is 7.90. The van der Waals surface area contributed by atoms with Crippen LogP contribution in [0.25, 0.3) is 11.3 Å². The Morgan fingerprint density at radius 1 is 1.28 bits per heavy atom. The number of benzene rings is 1. The zero-order valence-corrected chi connectivity index (χ0v) is 14.6. The van der Waals surface area contributed by atoms with E-state index in [-0.39, 0.29) is 0 Å². The maximum atomic E-state index is 5.86. The van der Waals surface area contributed by atoms with Crippen molar-refractivity contribution in [1.82, 2.24) is 25.1 Å². The van der Waals surface area contributed by atoms with Crippen LogP contribution in [0.1, 0.15) is 43.7 Å². The molecule has 1 N–H and O–H groups in total. The predicted octanol–water partition coefficient (Wildman–Crippen LogP) is 3.16.